The van der Waals surface area contributed by atoms with Crippen molar-refractivity contribution in [1.82, 2.24) is 5.32 Å². The normalized spacial score (nSPS) is 13.6. The van der Waals surface area contributed by atoms with E-state index in [9.17, 15) is 0 Å². The van der Waals surface area contributed by atoms with Gasteiger partial charge in [0, 0.05) is 6.04 Å². The first kappa shape index (κ1) is 16.2. The summed E-state index contributed by atoms with van der Waals surface area (Å²) in [7, 11) is 0. The predicted octanol–water partition coefficient (Wildman–Crippen LogP) is 3.64. The van der Waals surface area contributed by atoms with Gasteiger partial charge in [-0.1, -0.05) is 30.7 Å². The monoisotopic (exact) mass is 263 g/mol. The Kier molecular flexibility index (Phi) is 6.02. The van der Waals surface area contributed by atoms with E-state index in [0.717, 1.165) is 19.6 Å². The Labute approximate surface area is 118 Å². The molecule has 0 aliphatic carbocycles. The standard InChI is InChI=1S/C17H29NO/c1-7-18-16(12-19-17(4,5)6)11-15-10-13(2)8-9-14(15)3/h8-10,16,18H,7,11-12H2,1-6H3. The Hall–Kier alpha value is -0.860. The molecule has 0 aliphatic rings. The smallest absolute Gasteiger partial charge is 0.0629 e. The van der Waals surface area contributed by atoms with E-state index in [4.69, 9.17) is 4.74 Å². The van der Waals surface area contributed by atoms with E-state index in [-0.39, 0.29) is 5.60 Å². The topological polar surface area (TPSA) is 21.3 Å². The van der Waals surface area contributed by atoms with Gasteiger partial charge in [-0.15, -0.1) is 0 Å². The van der Waals surface area contributed by atoms with Gasteiger partial charge in [-0.3, -0.25) is 0 Å². The fourth-order valence-electron chi connectivity index (χ4n) is 2.11. The summed E-state index contributed by atoms with van der Waals surface area (Å²) in [4.78, 5) is 0. The molecule has 0 saturated carbocycles. The molecule has 1 atom stereocenters. The van der Waals surface area contributed by atoms with Crippen LogP contribution in [-0.2, 0) is 11.2 Å². The minimum atomic E-state index is -0.0741. The fraction of sp³-hybridized carbons (Fsp3) is 0.647. The summed E-state index contributed by atoms with van der Waals surface area (Å²) in [5, 5.41) is 3.53. The van der Waals surface area contributed by atoms with E-state index < -0.39 is 0 Å². The average Bonchev–Trinajstić information content (AvgIpc) is 2.30. The zero-order valence-corrected chi connectivity index (χ0v) is 13.3. The molecular formula is C17H29NO. The lowest BCUT2D eigenvalue weighted by molar-refractivity contribution is -0.0141. The maximum atomic E-state index is 5.92. The van der Waals surface area contributed by atoms with Crippen LogP contribution in [0.25, 0.3) is 0 Å². The van der Waals surface area contributed by atoms with Gasteiger partial charge in [-0.25, -0.2) is 0 Å². The lowest BCUT2D eigenvalue weighted by Gasteiger charge is -2.25. The zero-order valence-electron chi connectivity index (χ0n) is 13.3. The van der Waals surface area contributed by atoms with E-state index in [0.29, 0.717) is 6.04 Å². The highest BCUT2D eigenvalue weighted by Crippen LogP contribution is 2.14. The van der Waals surface area contributed by atoms with E-state index >= 15 is 0 Å². The van der Waals surface area contributed by atoms with E-state index in [1.54, 1.807) is 0 Å². The van der Waals surface area contributed by atoms with Crippen LogP contribution >= 0.6 is 0 Å². The summed E-state index contributed by atoms with van der Waals surface area (Å²) in [5.41, 5.74) is 4.04. The highest BCUT2D eigenvalue weighted by molar-refractivity contribution is 5.31. The second kappa shape index (κ2) is 7.06. The molecule has 2 nitrogen and oxygen atoms in total. The highest BCUT2D eigenvalue weighted by Gasteiger charge is 2.16. The summed E-state index contributed by atoms with van der Waals surface area (Å²) in [6.45, 7) is 14.5. The van der Waals surface area contributed by atoms with Crippen molar-refractivity contribution in [3.63, 3.8) is 0 Å². The van der Waals surface area contributed by atoms with E-state index in [1.165, 1.54) is 16.7 Å². The molecule has 108 valence electrons. The van der Waals surface area contributed by atoms with Crippen LogP contribution in [0.1, 0.15) is 44.4 Å². The maximum Gasteiger partial charge on any atom is 0.0629 e. The Morgan fingerprint density at radius 3 is 2.47 bits per heavy atom. The number of aryl methyl sites for hydroxylation is 2. The Morgan fingerprint density at radius 1 is 1.21 bits per heavy atom. The van der Waals surface area contributed by atoms with Crippen LogP contribution < -0.4 is 5.32 Å². The van der Waals surface area contributed by atoms with Crippen molar-refractivity contribution < 1.29 is 4.74 Å². The lowest BCUT2D eigenvalue weighted by Crippen LogP contribution is -2.38. The first-order chi connectivity index (χ1) is 8.81. The van der Waals surface area contributed by atoms with Crippen molar-refractivity contribution in [2.75, 3.05) is 13.2 Å². The number of rotatable bonds is 6. The van der Waals surface area contributed by atoms with E-state index in [2.05, 4.69) is 65.1 Å². The van der Waals surface area contributed by atoms with Crippen molar-refractivity contribution in [3.05, 3.63) is 34.9 Å². The molecule has 0 bridgehead atoms. The van der Waals surface area contributed by atoms with Crippen LogP contribution in [-0.4, -0.2) is 24.8 Å². The summed E-state index contributed by atoms with van der Waals surface area (Å²) in [6, 6.07) is 7.05. The molecule has 0 spiro atoms. The number of hydrogen-bond donors (Lipinski definition) is 1. The molecule has 0 heterocycles. The van der Waals surface area contributed by atoms with Gasteiger partial charge in [-0.2, -0.15) is 0 Å². The number of likely N-dealkylation sites (N-methyl/N-ethyl adjacent to an activating group) is 1. The van der Waals surface area contributed by atoms with Crippen molar-refractivity contribution in [2.24, 2.45) is 0 Å². The number of hydrogen-bond acceptors (Lipinski definition) is 2. The molecule has 0 fully saturated rings. The van der Waals surface area contributed by atoms with Crippen LogP contribution in [0.3, 0.4) is 0 Å². The highest BCUT2D eigenvalue weighted by atomic mass is 16.5. The van der Waals surface area contributed by atoms with Crippen LogP contribution in [0.2, 0.25) is 0 Å². The number of ether oxygens (including phenoxy) is 1. The molecule has 2 heteroatoms. The first-order valence-corrected chi connectivity index (χ1v) is 7.25. The van der Waals surface area contributed by atoms with Crippen LogP contribution in [0.15, 0.2) is 18.2 Å². The predicted molar refractivity (Wildman–Crippen MR) is 82.8 cm³/mol. The first-order valence-electron chi connectivity index (χ1n) is 7.25. The average molecular weight is 263 g/mol. The quantitative estimate of drug-likeness (QED) is 0.846. The molecule has 0 amide bonds. The maximum absolute atomic E-state index is 5.92. The second-order valence-electron chi connectivity index (χ2n) is 6.31. The van der Waals surface area contributed by atoms with E-state index in [1.807, 2.05) is 0 Å². The number of benzene rings is 1. The summed E-state index contributed by atoms with van der Waals surface area (Å²) < 4.78 is 5.92. The molecule has 0 saturated heterocycles. The van der Waals surface area contributed by atoms with Gasteiger partial charge in [0.05, 0.1) is 12.2 Å². The van der Waals surface area contributed by atoms with Gasteiger partial charge in [0.2, 0.25) is 0 Å². The van der Waals surface area contributed by atoms with Crippen LogP contribution in [0.4, 0.5) is 0 Å². The molecule has 1 rings (SSSR count). The third kappa shape index (κ3) is 6.22. The number of nitrogens with one attached hydrogen (secondary N) is 1. The molecular weight excluding hydrogens is 234 g/mol. The van der Waals surface area contributed by atoms with Gasteiger partial charge >= 0.3 is 0 Å². The molecule has 0 radical (unpaired) electrons. The lowest BCUT2D eigenvalue weighted by atomic mass is 9.99. The summed E-state index contributed by atoms with van der Waals surface area (Å²) in [6.07, 6.45) is 1.03. The third-order valence-electron chi connectivity index (χ3n) is 3.18. The van der Waals surface area contributed by atoms with Gasteiger partial charge in [-0.05, 0) is 58.7 Å². The van der Waals surface area contributed by atoms with Gasteiger partial charge < -0.3 is 10.1 Å². The Morgan fingerprint density at radius 2 is 1.89 bits per heavy atom. The van der Waals surface area contributed by atoms with Crippen molar-refractivity contribution in [3.8, 4) is 0 Å². The minimum Gasteiger partial charge on any atom is -0.374 e. The van der Waals surface area contributed by atoms with Gasteiger partial charge in [0.1, 0.15) is 0 Å². The fourth-order valence-corrected chi connectivity index (χ4v) is 2.11. The third-order valence-corrected chi connectivity index (χ3v) is 3.18. The molecule has 0 aliphatic heterocycles. The summed E-state index contributed by atoms with van der Waals surface area (Å²) >= 11 is 0. The second-order valence-corrected chi connectivity index (χ2v) is 6.31. The van der Waals surface area contributed by atoms with Gasteiger partial charge in [0.15, 0.2) is 0 Å². The Balaban J connectivity index is 2.69. The zero-order chi connectivity index (χ0) is 14.5. The SMILES string of the molecule is CCNC(COC(C)(C)C)Cc1cc(C)ccc1C. The summed E-state index contributed by atoms with van der Waals surface area (Å²) in [5.74, 6) is 0. The Bertz CT molecular complexity index is 393. The minimum absolute atomic E-state index is 0.0741. The molecule has 1 N–H and O–H groups in total. The molecule has 19 heavy (non-hydrogen) atoms. The van der Waals surface area contributed by atoms with Crippen molar-refractivity contribution in [2.45, 2.75) is 59.6 Å². The van der Waals surface area contributed by atoms with Crippen molar-refractivity contribution >= 4 is 0 Å². The molecule has 1 unspecified atom stereocenters. The molecule has 1 aromatic carbocycles. The van der Waals surface area contributed by atoms with Gasteiger partial charge in [0.25, 0.3) is 0 Å². The molecule has 0 aromatic heterocycles. The van der Waals surface area contributed by atoms with Crippen LogP contribution in [0.5, 0.6) is 0 Å². The van der Waals surface area contributed by atoms with Crippen molar-refractivity contribution in [1.29, 1.82) is 0 Å². The largest absolute Gasteiger partial charge is 0.374 e. The van der Waals surface area contributed by atoms with Crippen LogP contribution in [0, 0.1) is 13.8 Å². The molecule has 1 aromatic rings.